The van der Waals surface area contributed by atoms with Gasteiger partial charge in [-0.1, -0.05) is 30.9 Å². The molecule has 2 rings (SSSR count). The minimum atomic E-state index is -1.41. The molecular formula is C11H17N3OSi. The summed E-state index contributed by atoms with van der Waals surface area (Å²) < 4.78 is 7.29. The smallest absolute Gasteiger partial charge is 0.154 e. The third-order valence-electron chi connectivity index (χ3n) is 2.75. The first-order chi connectivity index (χ1) is 7.45. The highest BCUT2D eigenvalue weighted by Gasteiger charge is 2.24. The molecule has 5 heteroatoms. The van der Waals surface area contributed by atoms with Crippen molar-refractivity contribution in [1.29, 1.82) is 0 Å². The van der Waals surface area contributed by atoms with Gasteiger partial charge >= 0.3 is 0 Å². The molecule has 0 radical (unpaired) electrons. The van der Waals surface area contributed by atoms with E-state index in [2.05, 4.69) is 42.1 Å². The number of methoxy groups -OCH3 is 1. The summed E-state index contributed by atoms with van der Waals surface area (Å²) in [5.41, 5.74) is 1.88. The summed E-state index contributed by atoms with van der Waals surface area (Å²) >= 11 is 0. The van der Waals surface area contributed by atoms with Crippen molar-refractivity contribution in [2.24, 2.45) is 7.05 Å². The third-order valence-corrected chi connectivity index (χ3v) is 4.76. The summed E-state index contributed by atoms with van der Waals surface area (Å²) in [4.78, 5) is 0. The lowest BCUT2D eigenvalue weighted by Crippen LogP contribution is -2.38. The molecule has 0 atom stereocenters. The number of fused-ring (bicyclic) bond motifs is 1. The van der Waals surface area contributed by atoms with E-state index >= 15 is 0 Å². The van der Waals surface area contributed by atoms with Crippen LogP contribution in [0.1, 0.15) is 0 Å². The van der Waals surface area contributed by atoms with Crippen LogP contribution in [-0.4, -0.2) is 30.2 Å². The molecule has 0 fully saturated rings. The van der Waals surface area contributed by atoms with Crippen LogP contribution >= 0.6 is 0 Å². The molecule has 0 saturated heterocycles. The Hall–Kier alpha value is -1.36. The maximum absolute atomic E-state index is 5.52. The van der Waals surface area contributed by atoms with E-state index in [1.165, 1.54) is 5.19 Å². The van der Waals surface area contributed by atoms with E-state index in [-0.39, 0.29) is 0 Å². The number of hydrogen-bond acceptors (Lipinski definition) is 3. The predicted molar refractivity (Wildman–Crippen MR) is 68.0 cm³/mol. The first kappa shape index (κ1) is 11.1. The Bertz CT molecular complexity index is 528. The Morgan fingerprint density at radius 2 is 1.94 bits per heavy atom. The van der Waals surface area contributed by atoms with Gasteiger partial charge < -0.3 is 4.74 Å². The van der Waals surface area contributed by atoms with Gasteiger partial charge in [0.15, 0.2) is 5.52 Å². The summed E-state index contributed by atoms with van der Waals surface area (Å²) in [6.07, 6.45) is 0. The Kier molecular flexibility index (Phi) is 2.50. The van der Waals surface area contributed by atoms with Crippen molar-refractivity contribution in [3.63, 3.8) is 0 Å². The highest BCUT2D eigenvalue weighted by atomic mass is 28.3. The van der Waals surface area contributed by atoms with Gasteiger partial charge in [-0.25, -0.2) is 4.68 Å². The van der Waals surface area contributed by atoms with Crippen LogP contribution in [0.3, 0.4) is 0 Å². The number of aryl methyl sites for hydroxylation is 1. The molecule has 86 valence electrons. The lowest BCUT2D eigenvalue weighted by molar-refractivity contribution is 0.422. The van der Waals surface area contributed by atoms with Crippen molar-refractivity contribution >= 4 is 24.3 Å². The van der Waals surface area contributed by atoms with Crippen LogP contribution in [0.4, 0.5) is 0 Å². The quantitative estimate of drug-likeness (QED) is 0.741. The molecule has 16 heavy (non-hydrogen) atoms. The highest BCUT2D eigenvalue weighted by molar-refractivity contribution is 6.89. The van der Waals surface area contributed by atoms with Crippen LogP contribution in [0.25, 0.3) is 11.0 Å². The van der Waals surface area contributed by atoms with Gasteiger partial charge in [0.1, 0.15) is 5.75 Å². The van der Waals surface area contributed by atoms with E-state index in [0.717, 1.165) is 16.8 Å². The molecule has 0 spiro atoms. The first-order valence-electron chi connectivity index (χ1n) is 5.32. The average Bonchev–Trinajstić information content (AvgIpc) is 2.58. The first-order valence-corrected chi connectivity index (χ1v) is 8.82. The maximum atomic E-state index is 5.52. The molecule has 0 aliphatic rings. The Labute approximate surface area is 96.2 Å². The van der Waals surface area contributed by atoms with Gasteiger partial charge in [0.25, 0.3) is 0 Å². The fourth-order valence-electron chi connectivity index (χ4n) is 1.88. The van der Waals surface area contributed by atoms with Gasteiger partial charge in [-0.2, -0.15) is 0 Å². The van der Waals surface area contributed by atoms with E-state index in [1.807, 2.05) is 7.05 Å². The van der Waals surface area contributed by atoms with Gasteiger partial charge in [0.2, 0.25) is 0 Å². The zero-order chi connectivity index (χ0) is 11.9. The normalized spacial score (nSPS) is 12.1. The van der Waals surface area contributed by atoms with Gasteiger partial charge in [0.05, 0.1) is 20.7 Å². The summed E-state index contributed by atoms with van der Waals surface area (Å²) in [6, 6.07) is 4.22. The van der Waals surface area contributed by atoms with Crippen molar-refractivity contribution in [1.82, 2.24) is 15.0 Å². The van der Waals surface area contributed by atoms with Gasteiger partial charge in [0, 0.05) is 7.05 Å². The molecule has 0 saturated carbocycles. The molecule has 0 amide bonds. The molecule has 4 nitrogen and oxygen atoms in total. The molecule has 1 heterocycles. The highest BCUT2D eigenvalue weighted by Crippen LogP contribution is 2.23. The van der Waals surface area contributed by atoms with Crippen LogP contribution in [0.15, 0.2) is 12.1 Å². The molecule has 1 aromatic heterocycles. The largest absolute Gasteiger partial charge is 0.494 e. The molecule has 0 bridgehead atoms. The van der Waals surface area contributed by atoms with E-state index in [4.69, 9.17) is 4.74 Å². The molecule has 0 N–H and O–H groups in total. The van der Waals surface area contributed by atoms with E-state index in [1.54, 1.807) is 11.8 Å². The standard InChI is InChI=1S/C11H17N3OSi/c1-14-8-6-7-9(16(3,4)5)11(15-2)10(8)12-13-14/h6-7H,1-5H3. The molecule has 0 aliphatic carbocycles. The zero-order valence-corrected chi connectivity index (χ0v) is 11.4. The summed E-state index contributed by atoms with van der Waals surface area (Å²) in [5, 5.41) is 9.50. The van der Waals surface area contributed by atoms with Crippen LogP contribution in [0.2, 0.25) is 19.6 Å². The van der Waals surface area contributed by atoms with Crippen LogP contribution in [-0.2, 0) is 7.05 Å². The minimum Gasteiger partial charge on any atom is -0.494 e. The average molecular weight is 235 g/mol. The number of ether oxygens (including phenoxy) is 1. The summed E-state index contributed by atoms with van der Waals surface area (Å²) in [5.74, 6) is 0.893. The lowest BCUT2D eigenvalue weighted by atomic mass is 10.3. The molecule has 0 aliphatic heterocycles. The Balaban J connectivity index is 2.78. The lowest BCUT2D eigenvalue weighted by Gasteiger charge is -2.19. The molecular weight excluding hydrogens is 218 g/mol. The number of hydrogen-bond donors (Lipinski definition) is 0. The second-order valence-electron chi connectivity index (χ2n) is 4.98. The van der Waals surface area contributed by atoms with Crippen LogP contribution in [0, 0.1) is 0 Å². The number of aromatic nitrogens is 3. The topological polar surface area (TPSA) is 39.9 Å². The summed E-state index contributed by atoms with van der Waals surface area (Å²) in [7, 11) is 2.18. The number of nitrogens with zero attached hydrogens (tertiary/aromatic N) is 3. The Morgan fingerprint density at radius 3 is 2.50 bits per heavy atom. The minimum absolute atomic E-state index is 0.866. The predicted octanol–water partition coefficient (Wildman–Crippen LogP) is 1.52. The van der Waals surface area contributed by atoms with E-state index in [9.17, 15) is 0 Å². The summed E-state index contributed by atoms with van der Waals surface area (Å²) in [6.45, 7) is 6.90. The van der Waals surface area contributed by atoms with Crippen LogP contribution < -0.4 is 9.92 Å². The monoisotopic (exact) mass is 235 g/mol. The van der Waals surface area contributed by atoms with Crippen molar-refractivity contribution in [2.75, 3.05) is 7.11 Å². The fourth-order valence-corrected chi connectivity index (χ4v) is 3.36. The molecule has 1 aromatic carbocycles. The van der Waals surface area contributed by atoms with Gasteiger partial charge in [-0.05, 0) is 11.3 Å². The fraction of sp³-hybridized carbons (Fsp3) is 0.455. The zero-order valence-electron chi connectivity index (χ0n) is 10.4. The van der Waals surface area contributed by atoms with Crippen molar-refractivity contribution in [3.8, 4) is 5.75 Å². The van der Waals surface area contributed by atoms with Crippen molar-refractivity contribution in [3.05, 3.63) is 12.1 Å². The van der Waals surface area contributed by atoms with Gasteiger partial charge in [-0.3, -0.25) is 0 Å². The molecule has 0 unspecified atom stereocenters. The van der Waals surface area contributed by atoms with E-state index < -0.39 is 8.07 Å². The second-order valence-corrected chi connectivity index (χ2v) is 10.0. The number of benzene rings is 1. The van der Waals surface area contributed by atoms with Crippen molar-refractivity contribution in [2.45, 2.75) is 19.6 Å². The number of rotatable bonds is 2. The SMILES string of the molecule is COc1c([Si](C)(C)C)ccc2c1nnn2C. The van der Waals surface area contributed by atoms with Crippen molar-refractivity contribution < 1.29 is 4.74 Å². The maximum Gasteiger partial charge on any atom is 0.154 e. The third kappa shape index (κ3) is 1.61. The molecule has 2 aromatic rings. The van der Waals surface area contributed by atoms with Crippen LogP contribution in [0.5, 0.6) is 5.75 Å². The Morgan fingerprint density at radius 1 is 1.25 bits per heavy atom. The van der Waals surface area contributed by atoms with Gasteiger partial charge in [-0.15, -0.1) is 5.10 Å². The van der Waals surface area contributed by atoms with E-state index in [0.29, 0.717) is 0 Å². The second kappa shape index (κ2) is 3.59.